The van der Waals surface area contributed by atoms with Gasteiger partial charge >= 0.3 is 5.97 Å². The average molecular weight is 270 g/mol. The van der Waals surface area contributed by atoms with Gasteiger partial charge in [-0.2, -0.15) is 0 Å². The molecule has 0 saturated heterocycles. The summed E-state index contributed by atoms with van der Waals surface area (Å²) in [5.74, 6) is -0.234. The van der Waals surface area contributed by atoms with Gasteiger partial charge in [-0.05, 0) is 30.3 Å². The van der Waals surface area contributed by atoms with Crippen molar-refractivity contribution in [1.82, 2.24) is 15.0 Å². The Morgan fingerprint density at radius 3 is 2.70 bits per heavy atom. The van der Waals surface area contributed by atoms with Crippen LogP contribution in [0.15, 0.2) is 36.7 Å². The first-order chi connectivity index (χ1) is 9.63. The maximum atomic E-state index is 10.9. The van der Waals surface area contributed by atoms with Crippen LogP contribution in [-0.4, -0.2) is 26.0 Å². The van der Waals surface area contributed by atoms with Crippen molar-refractivity contribution < 1.29 is 14.6 Å². The van der Waals surface area contributed by atoms with Gasteiger partial charge in [0.15, 0.2) is 0 Å². The van der Waals surface area contributed by atoms with E-state index in [9.17, 15) is 4.79 Å². The summed E-state index contributed by atoms with van der Waals surface area (Å²) in [6.07, 6.45) is 1.30. The topological polar surface area (TPSA) is 114 Å². The third-order valence-corrected chi connectivity index (χ3v) is 2.71. The van der Waals surface area contributed by atoms with E-state index in [1.807, 2.05) is 0 Å². The number of benzene rings is 1. The quantitative estimate of drug-likeness (QED) is 0.627. The molecule has 0 amide bonds. The molecule has 2 aromatic heterocycles. The summed E-state index contributed by atoms with van der Waals surface area (Å²) in [5, 5.41) is 9.46. The van der Waals surface area contributed by atoms with Crippen LogP contribution in [0.2, 0.25) is 0 Å². The fourth-order valence-corrected chi connectivity index (χ4v) is 1.76. The summed E-state index contributed by atoms with van der Waals surface area (Å²) in [4.78, 5) is 21.6. The average Bonchev–Trinajstić information content (AvgIpc) is 2.87. The van der Waals surface area contributed by atoms with Gasteiger partial charge in [-0.15, -0.1) is 0 Å². The number of ether oxygens (including phenoxy) is 1. The lowest BCUT2D eigenvalue weighted by atomic mass is 10.3. The molecule has 4 N–H and O–H groups in total. The summed E-state index contributed by atoms with van der Waals surface area (Å²) < 4.78 is 5.62. The van der Waals surface area contributed by atoms with Crippen molar-refractivity contribution in [3.63, 3.8) is 0 Å². The number of aromatic amines is 1. The molecule has 0 atom stereocenters. The molecule has 0 spiro atoms. The summed E-state index contributed by atoms with van der Waals surface area (Å²) in [5.41, 5.74) is 6.66. The lowest BCUT2D eigenvalue weighted by Gasteiger charge is -2.05. The molecule has 100 valence electrons. The number of hydrogen-bond donors (Lipinski definition) is 3. The number of aromatic carboxylic acids is 1. The number of carboxylic acids is 1. The Labute approximate surface area is 113 Å². The number of fused-ring (bicyclic) bond motifs is 1. The number of carbonyl (C=O) groups is 1. The van der Waals surface area contributed by atoms with Gasteiger partial charge in [-0.1, -0.05) is 0 Å². The molecule has 3 rings (SSSR count). The van der Waals surface area contributed by atoms with Crippen LogP contribution < -0.4 is 10.5 Å². The Kier molecular flexibility index (Phi) is 2.72. The Morgan fingerprint density at radius 2 is 2.00 bits per heavy atom. The van der Waals surface area contributed by atoms with Crippen molar-refractivity contribution in [2.24, 2.45) is 0 Å². The molecule has 0 aliphatic carbocycles. The van der Waals surface area contributed by atoms with Gasteiger partial charge in [0, 0.05) is 5.69 Å². The highest BCUT2D eigenvalue weighted by atomic mass is 16.5. The molecule has 0 fully saturated rings. The van der Waals surface area contributed by atoms with Crippen molar-refractivity contribution >= 4 is 22.7 Å². The van der Waals surface area contributed by atoms with E-state index in [1.165, 1.54) is 12.4 Å². The standard InChI is InChI=1S/C13H10N4O3/c14-7-1-3-8(4-2-7)20-12-9-5-10(13(18)19)17-11(9)15-6-16-12/h1-6H,14H2,(H,18,19)(H,15,16,17). The smallest absolute Gasteiger partial charge is 0.352 e. The molecule has 0 unspecified atom stereocenters. The van der Waals surface area contributed by atoms with Crippen molar-refractivity contribution in [3.05, 3.63) is 42.4 Å². The highest BCUT2D eigenvalue weighted by Gasteiger charge is 2.13. The molecule has 0 saturated carbocycles. The predicted octanol–water partition coefficient (Wildman–Crippen LogP) is 2.03. The Morgan fingerprint density at radius 1 is 1.25 bits per heavy atom. The van der Waals surface area contributed by atoms with Gasteiger partial charge in [0.05, 0.1) is 5.39 Å². The molecule has 0 bridgehead atoms. The summed E-state index contributed by atoms with van der Waals surface area (Å²) in [6.45, 7) is 0. The number of nitrogens with zero attached hydrogens (tertiary/aromatic N) is 2. The number of carboxylic acid groups (broad SMARTS) is 1. The number of anilines is 1. The summed E-state index contributed by atoms with van der Waals surface area (Å²) >= 11 is 0. The second-order valence-electron chi connectivity index (χ2n) is 4.10. The van der Waals surface area contributed by atoms with Gasteiger partial charge in [0.25, 0.3) is 0 Å². The maximum Gasteiger partial charge on any atom is 0.352 e. The van der Waals surface area contributed by atoms with Crippen molar-refractivity contribution in [3.8, 4) is 11.6 Å². The lowest BCUT2D eigenvalue weighted by molar-refractivity contribution is 0.0691. The zero-order valence-electron chi connectivity index (χ0n) is 10.2. The number of rotatable bonds is 3. The zero-order chi connectivity index (χ0) is 14.1. The Hall–Kier alpha value is -3.09. The molecule has 1 aromatic carbocycles. The largest absolute Gasteiger partial charge is 0.477 e. The van der Waals surface area contributed by atoms with Gasteiger partial charge in [-0.3, -0.25) is 0 Å². The first-order valence-corrected chi connectivity index (χ1v) is 5.74. The van der Waals surface area contributed by atoms with E-state index in [2.05, 4.69) is 15.0 Å². The molecule has 0 aliphatic rings. The molecule has 0 aliphatic heterocycles. The van der Waals surface area contributed by atoms with Crippen molar-refractivity contribution in [2.75, 3.05) is 5.73 Å². The molecular formula is C13H10N4O3. The van der Waals surface area contributed by atoms with E-state index < -0.39 is 5.97 Å². The van der Waals surface area contributed by atoms with Crippen LogP contribution in [0.5, 0.6) is 11.6 Å². The monoisotopic (exact) mass is 270 g/mol. The van der Waals surface area contributed by atoms with E-state index in [0.29, 0.717) is 22.5 Å². The van der Waals surface area contributed by atoms with Crippen LogP contribution in [0, 0.1) is 0 Å². The van der Waals surface area contributed by atoms with Crippen LogP contribution >= 0.6 is 0 Å². The number of nitrogens with two attached hydrogens (primary N) is 1. The predicted molar refractivity (Wildman–Crippen MR) is 71.8 cm³/mol. The highest BCUT2D eigenvalue weighted by molar-refractivity contribution is 5.94. The minimum atomic E-state index is -1.07. The molecular weight excluding hydrogens is 260 g/mol. The molecule has 7 nitrogen and oxygen atoms in total. The minimum absolute atomic E-state index is 0.0302. The maximum absolute atomic E-state index is 10.9. The molecule has 0 radical (unpaired) electrons. The summed E-state index contributed by atoms with van der Waals surface area (Å²) in [7, 11) is 0. The van der Waals surface area contributed by atoms with E-state index in [0.717, 1.165) is 0 Å². The van der Waals surface area contributed by atoms with Gasteiger partial charge < -0.3 is 20.6 Å². The number of H-pyrrole nitrogens is 1. The normalized spacial score (nSPS) is 10.6. The summed E-state index contributed by atoms with van der Waals surface area (Å²) in [6, 6.07) is 8.24. The van der Waals surface area contributed by atoms with Crippen molar-refractivity contribution in [1.29, 1.82) is 0 Å². The molecule has 20 heavy (non-hydrogen) atoms. The van der Waals surface area contributed by atoms with E-state index in [1.54, 1.807) is 24.3 Å². The van der Waals surface area contributed by atoms with Crippen LogP contribution in [0.25, 0.3) is 11.0 Å². The van der Waals surface area contributed by atoms with Crippen LogP contribution in [0.4, 0.5) is 5.69 Å². The second kappa shape index (κ2) is 4.54. The Bertz CT molecular complexity index is 780. The van der Waals surface area contributed by atoms with Crippen molar-refractivity contribution in [2.45, 2.75) is 0 Å². The van der Waals surface area contributed by atoms with Crippen LogP contribution in [0.1, 0.15) is 10.5 Å². The molecule has 2 heterocycles. The fourth-order valence-electron chi connectivity index (χ4n) is 1.76. The second-order valence-corrected chi connectivity index (χ2v) is 4.10. The number of hydrogen-bond acceptors (Lipinski definition) is 5. The zero-order valence-corrected chi connectivity index (χ0v) is 10.2. The minimum Gasteiger partial charge on any atom is -0.477 e. The van der Waals surface area contributed by atoms with E-state index >= 15 is 0 Å². The highest BCUT2D eigenvalue weighted by Crippen LogP contribution is 2.27. The number of aromatic nitrogens is 3. The number of nitrogen functional groups attached to an aromatic ring is 1. The first kappa shape index (κ1) is 12.0. The lowest BCUT2D eigenvalue weighted by Crippen LogP contribution is -1.94. The SMILES string of the molecule is Nc1ccc(Oc2ncnc3[nH]c(C(=O)O)cc23)cc1. The fraction of sp³-hybridized carbons (Fsp3) is 0. The Balaban J connectivity index is 2.02. The number of nitrogens with one attached hydrogen (secondary N) is 1. The third-order valence-electron chi connectivity index (χ3n) is 2.71. The van der Waals surface area contributed by atoms with Gasteiger partial charge in [0.1, 0.15) is 23.4 Å². The first-order valence-electron chi connectivity index (χ1n) is 5.74. The van der Waals surface area contributed by atoms with E-state index in [-0.39, 0.29) is 11.6 Å². The van der Waals surface area contributed by atoms with Crippen LogP contribution in [0.3, 0.4) is 0 Å². The van der Waals surface area contributed by atoms with Gasteiger partial charge in [-0.25, -0.2) is 14.8 Å². The van der Waals surface area contributed by atoms with Gasteiger partial charge in [0.2, 0.25) is 5.88 Å². The third kappa shape index (κ3) is 2.12. The molecule has 3 aromatic rings. The molecule has 7 heteroatoms. The van der Waals surface area contributed by atoms with Crippen LogP contribution in [-0.2, 0) is 0 Å². The van der Waals surface area contributed by atoms with E-state index in [4.69, 9.17) is 15.6 Å².